The molecule has 0 radical (unpaired) electrons. The number of anilines is 1. The van der Waals surface area contributed by atoms with E-state index < -0.39 is 11.8 Å². The molecule has 18 heavy (non-hydrogen) atoms. The lowest BCUT2D eigenvalue weighted by atomic mass is 10.2. The molecule has 2 rings (SSSR count). The summed E-state index contributed by atoms with van der Waals surface area (Å²) in [6.45, 7) is 3.89. The van der Waals surface area contributed by atoms with Crippen molar-refractivity contribution in [1.29, 1.82) is 0 Å². The third kappa shape index (κ3) is 3.07. The van der Waals surface area contributed by atoms with Crippen LogP contribution >= 0.6 is 0 Å². The zero-order valence-electron chi connectivity index (χ0n) is 10.3. The van der Waals surface area contributed by atoms with E-state index in [-0.39, 0.29) is 0 Å². The van der Waals surface area contributed by atoms with Gasteiger partial charge < -0.3 is 15.0 Å². The predicted molar refractivity (Wildman–Crippen MR) is 67.2 cm³/mol. The van der Waals surface area contributed by atoms with Crippen LogP contribution < -0.4 is 5.32 Å². The van der Waals surface area contributed by atoms with Gasteiger partial charge in [0.1, 0.15) is 0 Å². The summed E-state index contributed by atoms with van der Waals surface area (Å²) in [7, 11) is 0. The summed E-state index contributed by atoms with van der Waals surface area (Å²) >= 11 is 0. The summed E-state index contributed by atoms with van der Waals surface area (Å²) in [5, 5.41) is 2.60. The molecule has 1 saturated heterocycles. The Bertz CT molecular complexity index is 436. The van der Waals surface area contributed by atoms with Gasteiger partial charge in [0, 0.05) is 18.8 Å². The van der Waals surface area contributed by atoms with E-state index in [1.54, 1.807) is 12.1 Å². The molecule has 1 aliphatic rings. The second-order valence-electron chi connectivity index (χ2n) is 4.22. The lowest BCUT2D eigenvalue weighted by Gasteiger charge is -2.26. The number of morpholine rings is 1. The number of rotatable bonds is 1. The monoisotopic (exact) mass is 248 g/mol. The fraction of sp³-hybridized carbons (Fsp3) is 0.385. The first-order valence-electron chi connectivity index (χ1n) is 5.91. The van der Waals surface area contributed by atoms with Gasteiger partial charge >= 0.3 is 11.8 Å². The third-order valence-corrected chi connectivity index (χ3v) is 2.80. The molecule has 5 heteroatoms. The first kappa shape index (κ1) is 12.6. The van der Waals surface area contributed by atoms with E-state index in [9.17, 15) is 9.59 Å². The Labute approximate surface area is 106 Å². The number of nitrogens with one attached hydrogen (secondary N) is 1. The van der Waals surface area contributed by atoms with Crippen LogP contribution in [0.5, 0.6) is 0 Å². The maximum atomic E-state index is 11.8. The van der Waals surface area contributed by atoms with Gasteiger partial charge in [-0.05, 0) is 19.1 Å². The van der Waals surface area contributed by atoms with Crippen LogP contribution in [0.4, 0.5) is 5.69 Å². The largest absolute Gasteiger partial charge is 0.378 e. The highest BCUT2D eigenvalue weighted by Crippen LogP contribution is 2.09. The van der Waals surface area contributed by atoms with Gasteiger partial charge in [-0.3, -0.25) is 9.59 Å². The summed E-state index contributed by atoms with van der Waals surface area (Å²) in [6, 6.07) is 7.32. The average Bonchev–Trinajstić information content (AvgIpc) is 2.41. The van der Waals surface area contributed by atoms with Crippen molar-refractivity contribution in [3.8, 4) is 0 Å². The van der Waals surface area contributed by atoms with E-state index in [2.05, 4.69) is 5.32 Å². The fourth-order valence-corrected chi connectivity index (χ4v) is 1.73. The van der Waals surface area contributed by atoms with Crippen molar-refractivity contribution < 1.29 is 14.3 Å². The minimum Gasteiger partial charge on any atom is -0.378 e. The number of benzene rings is 1. The lowest BCUT2D eigenvalue weighted by molar-refractivity contribution is -0.145. The molecule has 0 saturated carbocycles. The number of carbonyl (C=O) groups is 2. The van der Waals surface area contributed by atoms with Crippen LogP contribution in [-0.2, 0) is 14.3 Å². The van der Waals surface area contributed by atoms with Crippen LogP contribution in [-0.4, -0.2) is 43.0 Å². The molecule has 1 aliphatic heterocycles. The fourth-order valence-electron chi connectivity index (χ4n) is 1.73. The Balaban J connectivity index is 1.94. The zero-order valence-corrected chi connectivity index (χ0v) is 10.3. The highest BCUT2D eigenvalue weighted by atomic mass is 16.5. The Morgan fingerprint density at radius 3 is 2.39 bits per heavy atom. The standard InChI is InChI=1S/C13H16N2O3/c1-10-2-4-11(5-3-10)14-12(16)13(17)15-6-8-18-9-7-15/h2-5H,6-9H2,1H3,(H,14,16). The molecule has 0 aromatic heterocycles. The van der Waals surface area contributed by atoms with Gasteiger partial charge in [-0.25, -0.2) is 0 Å². The van der Waals surface area contributed by atoms with Crippen LogP contribution in [0.25, 0.3) is 0 Å². The first-order valence-corrected chi connectivity index (χ1v) is 5.91. The van der Waals surface area contributed by atoms with Crippen molar-refractivity contribution in [3.63, 3.8) is 0 Å². The van der Waals surface area contributed by atoms with Gasteiger partial charge in [-0.15, -0.1) is 0 Å². The van der Waals surface area contributed by atoms with E-state index in [4.69, 9.17) is 4.74 Å². The van der Waals surface area contributed by atoms with Crippen molar-refractivity contribution in [2.45, 2.75) is 6.92 Å². The molecule has 1 heterocycles. The molecule has 1 N–H and O–H groups in total. The van der Waals surface area contributed by atoms with Crippen molar-refractivity contribution in [2.24, 2.45) is 0 Å². The molecular formula is C13H16N2O3. The topological polar surface area (TPSA) is 58.6 Å². The second kappa shape index (κ2) is 5.64. The summed E-state index contributed by atoms with van der Waals surface area (Å²) in [6.07, 6.45) is 0. The van der Waals surface area contributed by atoms with Crippen molar-refractivity contribution in [2.75, 3.05) is 31.6 Å². The minimum absolute atomic E-state index is 0.472. The maximum Gasteiger partial charge on any atom is 0.313 e. The molecule has 0 bridgehead atoms. The van der Waals surface area contributed by atoms with Crippen LogP contribution in [0.2, 0.25) is 0 Å². The van der Waals surface area contributed by atoms with Gasteiger partial charge in [-0.1, -0.05) is 17.7 Å². The molecule has 0 unspecified atom stereocenters. The quantitative estimate of drug-likeness (QED) is 0.748. The van der Waals surface area contributed by atoms with E-state index >= 15 is 0 Å². The molecule has 2 amide bonds. The SMILES string of the molecule is Cc1ccc(NC(=O)C(=O)N2CCOCC2)cc1. The Morgan fingerprint density at radius 1 is 1.17 bits per heavy atom. The van der Waals surface area contributed by atoms with Gasteiger partial charge in [0.2, 0.25) is 0 Å². The number of hydrogen-bond donors (Lipinski definition) is 1. The van der Waals surface area contributed by atoms with Crippen molar-refractivity contribution in [3.05, 3.63) is 29.8 Å². The highest BCUT2D eigenvalue weighted by molar-refractivity contribution is 6.39. The molecule has 1 aromatic carbocycles. The number of aryl methyl sites for hydroxylation is 1. The maximum absolute atomic E-state index is 11.8. The number of nitrogens with zero attached hydrogens (tertiary/aromatic N) is 1. The zero-order chi connectivity index (χ0) is 13.0. The van der Waals surface area contributed by atoms with E-state index in [0.717, 1.165) is 5.56 Å². The van der Waals surface area contributed by atoms with Crippen molar-refractivity contribution >= 4 is 17.5 Å². The van der Waals surface area contributed by atoms with Crippen LogP contribution in [0, 0.1) is 6.92 Å². The first-order chi connectivity index (χ1) is 8.66. The summed E-state index contributed by atoms with van der Waals surface area (Å²) < 4.78 is 5.14. The average molecular weight is 248 g/mol. The van der Waals surface area contributed by atoms with Crippen LogP contribution in [0.15, 0.2) is 24.3 Å². The van der Waals surface area contributed by atoms with E-state index in [1.165, 1.54) is 4.90 Å². The molecule has 0 spiro atoms. The van der Waals surface area contributed by atoms with Gasteiger partial charge in [-0.2, -0.15) is 0 Å². The lowest BCUT2D eigenvalue weighted by Crippen LogP contribution is -2.45. The Morgan fingerprint density at radius 2 is 1.78 bits per heavy atom. The molecule has 1 fully saturated rings. The number of amides is 2. The number of hydrogen-bond acceptors (Lipinski definition) is 3. The third-order valence-electron chi connectivity index (χ3n) is 2.80. The normalized spacial score (nSPS) is 15.3. The molecule has 0 atom stereocenters. The van der Waals surface area contributed by atoms with Gasteiger partial charge in [0.15, 0.2) is 0 Å². The molecular weight excluding hydrogens is 232 g/mol. The molecule has 0 aliphatic carbocycles. The second-order valence-corrected chi connectivity index (χ2v) is 4.22. The summed E-state index contributed by atoms with van der Waals surface area (Å²) in [5.41, 5.74) is 1.74. The smallest absolute Gasteiger partial charge is 0.313 e. The van der Waals surface area contributed by atoms with Gasteiger partial charge in [0.05, 0.1) is 13.2 Å². The Kier molecular flexibility index (Phi) is 3.94. The van der Waals surface area contributed by atoms with Crippen LogP contribution in [0.1, 0.15) is 5.56 Å². The van der Waals surface area contributed by atoms with Gasteiger partial charge in [0.25, 0.3) is 0 Å². The molecule has 96 valence electrons. The number of ether oxygens (including phenoxy) is 1. The van der Waals surface area contributed by atoms with E-state index in [0.29, 0.717) is 32.0 Å². The minimum atomic E-state index is -0.597. The van der Waals surface area contributed by atoms with Crippen molar-refractivity contribution in [1.82, 2.24) is 4.90 Å². The summed E-state index contributed by atoms with van der Waals surface area (Å²) in [4.78, 5) is 25.1. The molecule has 1 aromatic rings. The predicted octanol–water partition coefficient (Wildman–Crippen LogP) is 0.792. The van der Waals surface area contributed by atoms with Crippen LogP contribution in [0.3, 0.4) is 0 Å². The Hall–Kier alpha value is -1.88. The molecule has 5 nitrogen and oxygen atoms in total. The summed E-state index contributed by atoms with van der Waals surface area (Å²) in [5.74, 6) is -1.10. The highest BCUT2D eigenvalue weighted by Gasteiger charge is 2.23. The number of carbonyl (C=O) groups excluding carboxylic acids is 2. The van der Waals surface area contributed by atoms with E-state index in [1.807, 2.05) is 19.1 Å².